The van der Waals surface area contributed by atoms with Crippen LogP contribution in [-0.4, -0.2) is 27.6 Å². The first-order chi connectivity index (χ1) is 7.11. The summed E-state index contributed by atoms with van der Waals surface area (Å²) in [5, 5.41) is 2.96. The molecule has 6 nitrogen and oxygen atoms in total. The Morgan fingerprint density at radius 1 is 1.47 bits per heavy atom. The van der Waals surface area contributed by atoms with Crippen LogP contribution >= 0.6 is 0 Å². The number of ether oxygens (including phenoxy) is 1. The van der Waals surface area contributed by atoms with Crippen LogP contribution in [0.15, 0.2) is 4.79 Å². The maximum absolute atomic E-state index is 11.1. The summed E-state index contributed by atoms with van der Waals surface area (Å²) in [6.45, 7) is 6.47. The smallest absolute Gasteiger partial charge is 0.352 e. The predicted molar refractivity (Wildman–Crippen MR) is 57.2 cm³/mol. The minimum atomic E-state index is -0.459. The van der Waals surface area contributed by atoms with Crippen LogP contribution in [0.25, 0.3) is 0 Å². The summed E-state index contributed by atoms with van der Waals surface area (Å²) in [5.41, 5.74) is -0.459. The number of H-pyrrole nitrogens is 1. The van der Waals surface area contributed by atoms with E-state index >= 15 is 0 Å². The second kappa shape index (κ2) is 5.33. The van der Waals surface area contributed by atoms with Crippen molar-refractivity contribution in [2.45, 2.75) is 33.3 Å². The monoisotopic (exact) mass is 212 g/mol. The van der Waals surface area contributed by atoms with Crippen LogP contribution in [0.2, 0.25) is 0 Å². The molecule has 0 bridgehead atoms. The molecule has 2 N–H and O–H groups in total. The molecule has 15 heavy (non-hydrogen) atoms. The third kappa shape index (κ3) is 3.97. The minimum Gasteiger partial charge on any atom is -0.461 e. The molecule has 6 heteroatoms. The van der Waals surface area contributed by atoms with Gasteiger partial charge in [0.25, 0.3) is 0 Å². The average molecular weight is 212 g/mol. The van der Waals surface area contributed by atoms with Crippen molar-refractivity contribution < 1.29 is 4.74 Å². The second-order valence-corrected chi connectivity index (χ2v) is 3.38. The predicted octanol–water partition coefficient (Wildman–Crippen LogP) is 0.774. The zero-order chi connectivity index (χ0) is 11.3. The minimum absolute atomic E-state index is 0.0502. The Labute approximate surface area is 88.1 Å². The van der Waals surface area contributed by atoms with Crippen LogP contribution in [0, 0.1) is 0 Å². The van der Waals surface area contributed by atoms with E-state index in [1.807, 2.05) is 20.8 Å². The first-order valence-electron chi connectivity index (χ1n) is 5.00. The molecular formula is C9H16N4O2. The summed E-state index contributed by atoms with van der Waals surface area (Å²) in [6, 6.07) is 0.104. The molecule has 0 unspecified atom stereocenters. The van der Waals surface area contributed by atoms with Crippen molar-refractivity contribution in [3.05, 3.63) is 10.5 Å². The lowest BCUT2D eigenvalue weighted by atomic mass is 10.5. The third-order valence-electron chi connectivity index (χ3n) is 1.51. The van der Waals surface area contributed by atoms with Gasteiger partial charge in [0.1, 0.15) is 0 Å². The number of hydrogen-bond donors (Lipinski definition) is 2. The Balaban J connectivity index is 2.80. The molecule has 0 saturated carbocycles. The maximum Gasteiger partial charge on any atom is 0.352 e. The van der Waals surface area contributed by atoms with E-state index in [-0.39, 0.29) is 12.1 Å². The SMILES string of the molecule is CCCNc1nc(OC(C)C)nc(=O)[nH]1. The fourth-order valence-corrected chi connectivity index (χ4v) is 0.955. The van der Waals surface area contributed by atoms with Gasteiger partial charge in [-0.25, -0.2) is 4.79 Å². The van der Waals surface area contributed by atoms with Crippen LogP contribution in [0.1, 0.15) is 27.2 Å². The highest BCUT2D eigenvalue weighted by Gasteiger charge is 2.04. The van der Waals surface area contributed by atoms with E-state index in [4.69, 9.17) is 4.74 Å². The number of aromatic amines is 1. The number of rotatable bonds is 5. The van der Waals surface area contributed by atoms with Crippen LogP contribution in [0.3, 0.4) is 0 Å². The highest BCUT2D eigenvalue weighted by molar-refractivity contribution is 5.23. The Morgan fingerprint density at radius 2 is 2.20 bits per heavy atom. The summed E-state index contributed by atoms with van der Waals surface area (Å²) < 4.78 is 5.23. The van der Waals surface area contributed by atoms with Gasteiger partial charge in [-0.05, 0) is 20.3 Å². The molecule has 1 rings (SSSR count). The summed E-state index contributed by atoms with van der Waals surface area (Å²) in [6.07, 6.45) is 0.901. The Hall–Kier alpha value is -1.59. The van der Waals surface area contributed by atoms with Crippen molar-refractivity contribution in [1.82, 2.24) is 15.0 Å². The van der Waals surface area contributed by atoms with Crippen LogP contribution < -0.4 is 15.7 Å². The average Bonchev–Trinajstić information content (AvgIpc) is 2.12. The van der Waals surface area contributed by atoms with E-state index in [1.54, 1.807) is 0 Å². The van der Waals surface area contributed by atoms with Crippen molar-refractivity contribution in [3.8, 4) is 6.01 Å². The first kappa shape index (κ1) is 11.5. The summed E-state index contributed by atoms with van der Waals surface area (Å²) in [7, 11) is 0. The van der Waals surface area contributed by atoms with Gasteiger partial charge in [0, 0.05) is 6.54 Å². The molecule has 0 aliphatic rings. The second-order valence-electron chi connectivity index (χ2n) is 3.38. The number of hydrogen-bond acceptors (Lipinski definition) is 5. The molecule has 1 heterocycles. The van der Waals surface area contributed by atoms with Crippen molar-refractivity contribution in [3.63, 3.8) is 0 Å². The molecule has 0 saturated heterocycles. The first-order valence-corrected chi connectivity index (χ1v) is 5.00. The standard InChI is InChI=1S/C9H16N4O2/c1-4-5-10-7-11-8(14)13-9(12-7)15-6(2)3/h6H,4-5H2,1-3H3,(H2,10,11,12,13,14). The molecule has 1 aromatic heterocycles. The van der Waals surface area contributed by atoms with E-state index in [0.717, 1.165) is 13.0 Å². The Bertz CT molecular complexity index is 361. The van der Waals surface area contributed by atoms with E-state index in [2.05, 4.69) is 20.3 Å². The lowest BCUT2D eigenvalue weighted by molar-refractivity contribution is 0.221. The molecule has 0 radical (unpaired) electrons. The molecule has 0 aliphatic carbocycles. The quantitative estimate of drug-likeness (QED) is 0.753. The van der Waals surface area contributed by atoms with Gasteiger partial charge < -0.3 is 10.1 Å². The van der Waals surface area contributed by atoms with Crippen molar-refractivity contribution in [1.29, 1.82) is 0 Å². The van der Waals surface area contributed by atoms with Gasteiger partial charge in [0.2, 0.25) is 5.95 Å². The van der Waals surface area contributed by atoms with Crippen LogP contribution in [0.4, 0.5) is 5.95 Å². The van der Waals surface area contributed by atoms with E-state index in [0.29, 0.717) is 5.95 Å². The van der Waals surface area contributed by atoms with E-state index < -0.39 is 5.69 Å². The fraction of sp³-hybridized carbons (Fsp3) is 0.667. The van der Waals surface area contributed by atoms with Gasteiger partial charge in [-0.15, -0.1) is 4.98 Å². The number of nitrogens with zero attached hydrogens (tertiary/aromatic N) is 2. The summed E-state index contributed by atoms with van der Waals surface area (Å²) in [4.78, 5) is 21.2. The third-order valence-corrected chi connectivity index (χ3v) is 1.51. The fourth-order valence-electron chi connectivity index (χ4n) is 0.955. The summed E-state index contributed by atoms with van der Waals surface area (Å²) >= 11 is 0. The maximum atomic E-state index is 11.1. The van der Waals surface area contributed by atoms with Gasteiger partial charge in [0.15, 0.2) is 0 Å². The number of nitrogens with one attached hydrogen (secondary N) is 2. The van der Waals surface area contributed by atoms with Crippen molar-refractivity contribution in [2.24, 2.45) is 0 Å². The summed E-state index contributed by atoms with van der Waals surface area (Å²) in [5.74, 6) is 0.396. The van der Waals surface area contributed by atoms with Gasteiger partial charge in [-0.2, -0.15) is 4.98 Å². The largest absolute Gasteiger partial charge is 0.461 e. The van der Waals surface area contributed by atoms with Crippen molar-refractivity contribution >= 4 is 5.95 Å². The highest BCUT2D eigenvalue weighted by atomic mass is 16.5. The molecule has 0 atom stereocenters. The van der Waals surface area contributed by atoms with Gasteiger partial charge in [-0.1, -0.05) is 6.92 Å². The van der Waals surface area contributed by atoms with Gasteiger partial charge in [0.05, 0.1) is 6.10 Å². The lowest BCUT2D eigenvalue weighted by Gasteiger charge is -2.08. The molecule has 84 valence electrons. The molecule has 0 fully saturated rings. The number of aromatic nitrogens is 3. The topological polar surface area (TPSA) is 79.9 Å². The normalized spacial score (nSPS) is 10.4. The lowest BCUT2D eigenvalue weighted by Crippen LogP contribution is -2.19. The Morgan fingerprint density at radius 3 is 2.80 bits per heavy atom. The zero-order valence-corrected chi connectivity index (χ0v) is 9.20. The van der Waals surface area contributed by atoms with E-state index in [9.17, 15) is 4.79 Å². The molecule has 0 spiro atoms. The van der Waals surface area contributed by atoms with Gasteiger partial charge in [-0.3, -0.25) is 4.98 Å². The van der Waals surface area contributed by atoms with Crippen molar-refractivity contribution in [2.75, 3.05) is 11.9 Å². The molecule has 0 aromatic carbocycles. The highest BCUT2D eigenvalue weighted by Crippen LogP contribution is 2.03. The van der Waals surface area contributed by atoms with Gasteiger partial charge >= 0.3 is 11.7 Å². The molecule has 0 aliphatic heterocycles. The zero-order valence-electron chi connectivity index (χ0n) is 9.20. The molecular weight excluding hydrogens is 196 g/mol. The molecule has 1 aromatic rings. The molecule has 0 amide bonds. The number of anilines is 1. The van der Waals surface area contributed by atoms with Crippen LogP contribution in [0.5, 0.6) is 6.01 Å². The van der Waals surface area contributed by atoms with E-state index in [1.165, 1.54) is 0 Å². The van der Waals surface area contributed by atoms with Crippen LogP contribution in [-0.2, 0) is 0 Å². The Kier molecular flexibility index (Phi) is 4.08.